The number of hydrogen-bond acceptors (Lipinski definition) is 2. The molecule has 0 fully saturated rings. The van der Waals surface area contributed by atoms with Crippen molar-refractivity contribution in [1.29, 1.82) is 5.26 Å². The van der Waals surface area contributed by atoms with Gasteiger partial charge in [0.05, 0.1) is 11.6 Å². The van der Waals surface area contributed by atoms with Crippen molar-refractivity contribution < 1.29 is 0 Å². The Morgan fingerprint density at radius 2 is 2.17 bits per heavy atom. The summed E-state index contributed by atoms with van der Waals surface area (Å²) in [5, 5.41) is 12.3. The van der Waals surface area contributed by atoms with E-state index in [0.717, 1.165) is 24.3 Å². The normalized spacial score (nSPS) is 10.1. The van der Waals surface area contributed by atoms with Crippen LogP contribution in [0, 0.1) is 18.3 Å². The van der Waals surface area contributed by atoms with E-state index in [0.29, 0.717) is 5.56 Å². The van der Waals surface area contributed by atoms with Crippen molar-refractivity contribution in [3.63, 3.8) is 0 Å². The molecule has 0 aliphatic carbocycles. The molecule has 3 nitrogen and oxygen atoms in total. The first-order valence-electron chi connectivity index (χ1n) is 6.12. The van der Waals surface area contributed by atoms with E-state index in [1.807, 2.05) is 25.1 Å². The van der Waals surface area contributed by atoms with Gasteiger partial charge in [0.1, 0.15) is 0 Å². The Kier molecular flexibility index (Phi) is 3.69. The van der Waals surface area contributed by atoms with Crippen molar-refractivity contribution in [2.45, 2.75) is 26.9 Å². The molecule has 0 amide bonds. The molecule has 1 aromatic heterocycles. The fraction of sp³-hybridized carbons (Fsp3) is 0.267. The summed E-state index contributed by atoms with van der Waals surface area (Å²) in [6, 6.07) is 9.98. The summed E-state index contributed by atoms with van der Waals surface area (Å²) in [4.78, 5) is 0. The quantitative estimate of drug-likeness (QED) is 0.889. The van der Waals surface area contributed by atoms with Crippen LogP contribution < -0.4 is 5.32 Å². The monoisotopic (exact) mass is 239 g/mol. The molecule has 0 unspecified atom stereocenters. The summed E-state index contributed by atoms with van der Waals surface area (Å²) in [5.41, 5.74) is 4.12. The molecule has 0 aliphatic heterocycles. The Hall–Kier alpha value is -2.21. The van der Waals surface area contributed by atoms with Crippen molar-refractivity contribution >= 4 is 5.69 Å². The first-order chi connectivity index (χ1) is 8.72. The van der Waals surface area contributed by atoms with Gasteiger partial charge in [0.15, 0.2) is 0 Å². The van der Waals surface area contributed by atoms with E-state index >= 15 is 0 Å². The molecule has 0 aliphatic rings. The van der Waals surface area contributed by atoms with Crippen LogP contribution in [-0.4, -0.2) is 4.57 Å². The largest absolute Gasteiger partial charge is 0.381 e. The molecule has 0 atom stereocenters. The van der Waals surface area contributed by atoms with Gasteiger partial charge in [-0.2, -0.15) is 5.26 Å². The summed E-state index contributed by atoms with van der Waals surface area (Å²) in [6.45, 7) is 5.93. The number of nitriles is 1. The van der Waals surface area contributed by atoms with Gasteiger partial charge in [0, 0.05) is 31.2 Å². The van der Waals surface area contributed by atoms with Gasteiger partial charge in [-0.15, -0.1) is 0 Å². The number of anilines is 1. The maximum atomic E-state index is 8.89. The minimum absolute atomic E-state index is 0.689. The van der Waals surface area contributed by atoms with Crippen LogP contribution in [0.5, 0.6) is 0 Å². The van der Waals surface area contributed by atoms with E-state index in [4.69, 9.17) is 5.26 Å². The molecule has 2 rings (SSSR count). The highest BCUT2D eigenvalue weighted by Gasteiger charge is 2.01. The highest BCUT2D eigenvalue weighted by molar-refractivity contribution is 5.55. The van der Waals surface area contributed by atoms with Crippen molar-refractivity contribution in [1.82, 2.24) is 4.57 Å². The van der Waals surface area contributed by atoms with Gasteiger partial charge in [0.2, 0.25) is 0 Å². The maximum absolute atomic E-state index is 8.89. The molecule has 1 N–H and O–H groups in total. The Balaban J connectivity index is 2.08. The third kappa shape index (κ3) is 2.72. The molecule has 92 valence electrons. The fourth-order valence-corrected chi connectivity index (χ4v) is 1.87. The highest BCUT2D eigenvalue weighted by atomic mass is 14.9. The standard InChI is InChI=1S/C15H17N3/c1-3-18-7-6-14(11-18)10-17-15-8-13(9-16)5-4-12(15)2/h4-8,11,17H,3,10H2,1-2H3. The third-order valence-corrected chi connectivity index (χ3v) is 3.03. The Labute approximate surface area is 108 Å². The molecule has 18 heavy (non-hydrogen) atoms. The van der Waals surface area contributed by atoms with E-state index in [2.05, 4.69) is 41.3 Å². The molecule has 2 aromatic rings. The molecule has 0 radical (unpaired) electrons. The van der Waals surface area contributed by atoms with Gasteiger partial charge >= 0.3 is 0 Å². The lowest BCUT2D eigenvalue weighted by molar-refractivity contribution is 0.766. The number of benzene rings is 1. The average molecular weight is 239 g/mol. The Morgan fingerprint density at radius 1 is 1.33 bits per heavy atom. The lowest BCUT2D eigenvalue weighted by Crippen LogP contribution is -2.00. The van der Waals surface area contributed by atoms with Crippen LogP contribution >= 0.6 is 0 Å². The van der Waals surface area contributed by atoms with Gasteiger partial charge in [-0.05, 0) is 43.2 Å². The minimum Gasteiger partial charge on any atom is -0.381 e. The summed E-state index contributed by atoms with van der Waals surface area (Å²) in [5.74, 6) is 0. The number of nitrogens with one attached hydrogen (secondary N) is 1. The predicted molar refractivity (Wildman–Crippen MR) is 73.3 cm³/mol. The zero-order valence-electron chi connectivity index (χ0n) is 10.8. The van der Waals surface area contributed by atoms with Gasteiger partial charge in [0.25, 0.3) is 0 Å². The Morgan fingerprint density at radius 3 is 2.83 bits per heavy atom. The first kappa shape index (κ1) is 12.3. The van der Waals surface area contributed by atoms with Gasteiger partial charge in [-0.3, -0.25) is 0 Å². The van der Waals surface area contributed by atoms with Gasteiger partial charge in [-0.25, -0.2) is 0 Å². The fourth-order valence-electron chi connectivity index (χ4n) is 1.87. The second-order valence-electron chi connectivity index (χ2n) is 4.35. The van der Waals surface area contributed by atoms with Crippen LogP contribution in [0.1, 0.15) is 23.6 Å². The number of hydrogen-bond donors (Lipinski definition) is 1. The van der Waals surface area contributed by atoms with Crippen molar-refractivity contribution in [2.75, 3.05) is 5.32 Å². The van der Waals surface area contributed by atoms with E-state index in [1.165, 1.54) is 5.56 Å². The van der Waals surface area contributed by atoms with Crippen molar-refractivity contribution in [3.05, 3.63) is 53.3 Å². The van der Waals surface area contributed by atoms with Crippen molar-refractivity contribution in [3.8, 4) is 6.07 Å². The molecule has 1 aromatic carbocycles. The lowest BCUT2D eigenvalue weighted by atomic mass is 10.1. The molecular formula is C15H17N3. The van der Waals surface area contributed by atoms with Gasteiger partial charge in [-0.1, -0.05) is 6.07 Å². The van der Waals surface area contributed by atoms with E-state index in [1.54, 1.807) is 0 Å². The van der Waals surface area contributed by atoms with Crippen LogP contribution in [-0.2, 0) is 13.1 Å². The number of aromatic nitrogens is 1. The zero-order chi connectivity index (χ0) is 13.0. The lowest BCUT2D eigenvalue weighted by Gasteiger charge is -2.08. The summed E-state index contributed by atoms with van der Waals surface area (Å²) < 4.78 is 2.15. The number of nitrogens with zero attached hydrogens (tertiary/aromatic N) is 2. The smallest absolute Gasteiger partial charge is 0.0992 e. The second-order valence-corrected chi connectivity index (χ2v) is 4.35. The summed E-state index contributed by atoms with van der Waals surface area (Å²) in [6.07, 6.45) is 4.21. The Bertz CT molecular complexity index is 576. The number of aryl methyl sites for hydroxylation is 2. The van der Waals surface area contributed by atoms with E-state index < -0.39 is 0 Å². The van der Waals surface area contributed by atoms with E-state index in [9.17, 15) is 0 Å². The SMILES string of the molecule is CCn1ccc(CNc2cc(C#N)ccc2C)c1. The molecule has 3 heteroatoms. The topological polar surface area (TPSA) is 40.8 Å². The first-order valence-corrected chi connectivity index (χ1v) is 6.12. The van der Waals surface area contributed by atoms with Crippen LogP contribution in [0.15, 0.2) is 36.7 Å². The van der Waals surface area contributed by atoms with Crippen LogP contribution in [0.25, 0.3) is 0 Å². The van der Waals surface area contributed by atoms with Crippen LogP contribution in [0.2, 0.25) is 0 Å². The van der Waals surface area contributed by atoms with Gasteiger partial charge < -0.3 is 9.88 Å². The predicted octanol–water partition coefficient (Wildman–Crippen LogP) is 3.30. The minimum atomic E-state index is 0.689. The average Bonchev–Trinajstić information content (AvgIpc) is 2.86. The summed E-state index contributed by atoms with van der Waals surface area (Å²) >= 11 is 0. The third-order valence-electron chi connectivity index (χ3n) is 3.03. The molecule has 1 heterocycles. The summed E-state index contributed by atoms with van der Waals surface area (Å²) in [7, 11) is 0. The van der Waals surface area contributed by atoms with Crippen LogP contribution in [0.4, 0.5) is 5.69 Å². The number of rotatable bonds is 4. The molecule has 0 spiro atoms. The maximum Gasteiger partial charge on any atom is 0.0992 e. The zero-order valence-corrected chi connectivity index (χ0v) is 10.8. The molecule has 0 bridgehead atoms. The van der Waals surface area contributed by atoms with Crippen molar-refractivity contribution in [2.24, 2.45) is 0 Å². The molecule has 0 saturated heterocycles. The van der Waals surface area contributed by atoms with E-state index in [-0.39, 0.29) is 0 Å². The molecular weight excluding hydrogens is 222 g/mol. The molecule has 0 saturated carbocycles. The van der Waals surface area contributed by atoms with Crippen LogP contribution in [0.3, 0.4) is 0 Å². The highest BCUT2D eigenvalue weighted by Crippen LogP contribution is 2.17. The second kappa shape index (κ2) is 5.42.